The molecule has 0 aliphatic heterocycles. The first kappa shape index (κ1) is 32.6. The van der Waals surface area contributed by atoms with E-state index in [1.54, 1.807) is 64.4 Å². The Morgan fingerprint density at radius 2 is 0.978 bits per heavy atom. The highest BCUT2D eigenvalue weighted by Gasteiger charge is 2.30. The molecule has 0 fully saturated rings. The quantitative estimate of drug-likeness (QED) is 0.123. The van der Waals surface area contributed by atoms with E-state index < -0.39 is 59.2 Å². The van der Waals surface area contributed by atoms with Crippen LogP contribution in [0.25, 0.3) is 21.8 Å². The van der Waals surface area contributed by atoms with Crippen LogP contribution in [0.2, 0.25) is 0 Å². The van der Waals surface area contributed by atoms with Crippen molar-refractivity contribution in [1.82, 2.24) is 19.8 Å². The van der Waals surface area contributed by atoms with Crippen molar-refractivity contribution < 1.29 is 39.0 Å². The number of benzene rings is 2. The molecule has 4 N–H and O–H groups in total. The zero-order valence-electron chi connectivity index (χ0n) is 25.4. The summed E-state index contributed by atoms with van der Waals surface area (Å²) < 4.78 is 3.69. The zero-order chi connectivity index (χ0) is 33.0. The molecule has 0 radical (unpaired) electrons. The molecule has 4 aromatic rings. The summed E-state index contributed by atoms with van der Waals surface area (Å²) in [5, 5.41) is 24.6. The monoisotopic (exact) mass is 616 g/mol. The van der Waals surface area contributed by atoms with Crippen LogP contribution in [-0.2, 0) is 32.3 Å². The third kappa shape index (κ3) is 6.95. The van der Waals surface area contributed by atoms with Gasteiger partial charge in [-0.05, 0) is 30.4 Å². The Labute approximate surface area is 259 Å². The van der Waals surface area contributed by atoms with Crippen molar-refractivity contribution in [3.05, 3.63) is 72.1 Å². The molecule has 236 valence electrons. The predicted octanol–water partition coefficient (Wildman–Crippen LogP) is 3.50. The fourth-order valence-electron chi connectivity index (χ4n) is 5.32. The molecular weight excluding hydrogens is 580 g/mol. The normalized spacial score (nSPS) is 12.8. The fraction of sp³-hybridized carbons (Fsp3) is 0.333. The molecule has 0 spiro atoms. The van der Waals surface area contributed by atoms with E-state index in [9.17, 15) is 39.0 Å². The molecular formula is C33H36N4O8. The van der Waals surface area contributed by atoms with E-state index >= 15 is 0 Å². The maximum absolute atomic E-state index is 13.1. The number of carbonyl (C=O) groups excluding carboxylic acids is 4. The highest BCUT2D eigenvalue weighted by molar-refractivity contribution is 6.45. The summed E-state index contributed by atoms with van der Waals surface area (Å²) in [5.41, 5.74) is 1.75. The average Bonchev–Trinajstić information content (AvgIpc) is 3.55. The van der Waals surface area contributed by atoms with Gasteiger partial charge in [0.1, 0.15) is 12.1 Å². The molecule has 0 unspecified atom stereocenters. The number of amides is 2. The van der Waals surface area contributed by atoms with Gasteiger partial charge >= 0.3 is 11.9 Å². The van der Waals surface area contributed by atoms with Gasteiger partial charge in [-0.1, -0.05) is 64.1 Å². The Bertz CT molecular complexity index is 1670. The van der Waals surface area contributed by atoms with Gasteiger partial charge in [-0.2, -0.15) is 0 Å². The molecule has 0 aliphatic carbocycles. The minimum atomic E-state index is -1.23. The number of fused-ring (bicyclic) bond motifs is 2. The van der Waals surface area contributed by atoms with Gasteiger partial charge in [0, 0.05) is 47.3 Å². The Morgan fingerprint density at radius 3 is 1.31 bits per heavy atom. The zero-order valence-corrected chi connectivity index (χ0v) is 25.4. The highest BCUT2D eigenvalue weighted by Crippen LogP contribution is 2.25. The number of carbonyl (C=O) groups is 6. The number of hydrogen-bond donors (Lipinski definition) is 4. The van der Waals surface area contributed by atoms with Crippen molar-refractivity contribution in [2.24, 2.45) is 11.8 Å². The molecule has 2 heterocycles. The molecule has 2 atom stereocenters. The Kier molecular flexibility index (Phi) is 9.85. The number of aryl methyl sites for hydroxylation is 2. The molecule has 2 aromatic carbocycles. The van der Waals surface area contributed by atoms with Gasteiger partial charge in [0.2, 0.25) is 0 Å². The number of carboxylic acid groups (broad SMARTS) is 2. The molecule has 12 heteroatoms. The van der Waals surface area contributed by atoms with Gasteiger partial charge in [0.25, 0.3) is 23.4 Å². The second kappa shape index (κ2) is 13.6. The highest BCUT2D eigenvalue weighted by atomic mass is 16.4. The van der Waals surface area contributed by atoms with Gasteiger partial charge in [0.05, 0.1) is 11.1 Å². The SMILES string of the molecule is CC(C)[C@H](NC(=O)C(=O)c1cn(CCCn2cc(C(=O)C(=O)N[C@H](C(=O)O)C(C)C)c3ccccc32)c2ccccc12)C(=O)O. The number of para-hydroxylation sites is 2. The number of aliphatic carboxylic acids is 2. The Morgan fingerprint density at radius 1 is 0.622 bits per heavy atom. The number of carboxylic acids is 2. The molecule has 2 amide bonds. The molecule has 0 saturated carbocycles. The van der Waals surface area contributed by atoms with E-state index in [0.29, 0.717) is 30.3 Å². The summed E-state index contributed by atoms with van der Waals surface area (Å²) in [6.07, 6.45) is 3.70. The first-order chi connectivity index (χ1) is 21.3. The van der Waals surface area contributed by atoms with E-state index in [-0.39, 0.29) is 11.1 Å². The predicted molar refractivity (Wildman–Crippen MR) is 166 cm³/mol. The van der Waals surface area contributed by atoms with Crippen molar-refractivity contribution in [3.8, 4) is 0 Å². The van der Waals surface area contributed by atoms with Crippen molar-refractivity contribution in [1.29, 1.82) is 0 Å². The van der Waals surface area contributed by atoms with E-state index in [2.05, 4.69) is 10.6 Å². The summed E-state index contributed by atoms with van der Waals surface area (Å²) in [4.78, 5) is 74.9. The minimum Gasteiger partial charge on any atom is -0.480 e. The van der Waals surface area contributed by atoms with Crippen molar-refractivity contribution in [2.45, 2.75) is 59.3 Å². The first-order valence-corrected chi connectivity index (χ1v) is 14.6. The Hall–Kier alpha value is -5.26. The second-order valence-corrected chi connectivity index (χ2v) is 11.6. The maximum Gasteiger partial charge on any atom is 0.326 e. The lowest BCUT2D eigenvalue weighted by molar-refractivity contribution is -0.143. The standard InChI is InChI=1S/C33H36N4O8/c1-18(2)26(32(42)43)34-30(40)28(38)22-16-36(24-12-7-5-10-20(22)24)14-9-15-37-17-23(21-11-6-8-13-25(21)37)29(39)31(41)35-27(19(3)4)33(44)45/h5-8,10-13,16-19,26-27H,9,14-15H2,1-4H3,(H,34,40)(H,35,41)(H,42,43)(H,44,45)/t26-,27-/m0/s1. The maximum atomic E-state index is 13.1. The van der Waals surface area contributed by atoms with Gasteiger partial charge in [0.15, 0.2) is 0 Å². The van der Waals surface area contributed by atoms with Gasteiger partial charge in [-0.15, -0.1) is 0 Å². The third-order valence-electron chi connectivity index (χ3n) is 7.72. The summed E-state index contributed by atoms with van der Waals surface area (Å²) in [5.74, 6) is -6.96. The topological polar surface area (TPSA) is 177 Å². The number of rotatable bonds is 14. The molecule has 4 rings (SSSR count). The lowest BCUT2D eigenvalue weighted by atomic mass is 10.0. The van der Waals surface area contributed by atoms with E-state index in [1.165, 1.54) is 0 Å². The number of hydrogen-bond acceptors (Lipinski definition) is 6. The number of aromatic nitrogens is 2. The molecule has 0 saturated heterocycles. The van der Waals surface area contributed by atoms with E-state index in [1.807, 2.05) is 33.4 Å². The summed E-state index contributed by atoms with van der Waals surface area (Å²) in [6.45, 7) is 7.42. The van der Waals surface area contributed by atoms with Crippen LogP contribution in [0, 0.1) is 11.8 Å². The molecule has 12 nitrogen and oxygen atoms in total. The lowest BCUT2D eigenvalue weighted by Gasteiger charge is -2.17. The van der Waals surface area contributed by atoms with Crippen molar-refractivity contribution in [3.63, 3.8) is 0 Å². The number of ketones is 2. The summed E-state index contributed by atoms with van der Waals surface area (Å²) >= 11 is 0. The van der Waals surface area contributed by atoms with Crippen LogP contribution in [0.5, 0.6) is 0 Å². The molecule has 0 aliphatic rings. The van der Waals surface area contributed by atoms with Crippen molar-refractivity contribution in [2.75, 3.05) is 0 Å². The third-order valence-corrected chi connectivity index (χ3v) is 7.72. The van der Waals surface area contributed by atoms with Crippen molar-refractivity contribution >= 4 is 57.1 Å². The number of nitrogens with one attached hydrogen (secondary N) is 2. The van der Waals surface area contributed by atoms with Gasteiger partial charge in [-0.25, -0.2) is 9.59 Å². The van der Waals surface area contributed by atoms with E-state index in [0.717, 1.165) is 11.0 Å². The molecule has 45 heavy (non-hydrogen) atoms. The van der Waals surface area contributed by atoms with Crippen LogP contribution in [-0.4, -0.2) is 66.8 Å². The second-order valence-electron chi connectivity index (χ2n) is 11.6. The summed E-state index contributed by atoms with van der Waals surface area (Å²) in [7, 11) is 0. The minimum absolute atomic E-state index is 0.155. The van der Waals surface area contributed by atoms with Crippen LogP contribution in [0.4, 0.5) is 0 Å². The summed E-state index contributed by atoms with van der Waals surface area (Å²) in [6, 6.07) is 11.8. The lowest BCUT2D eigenvalue weighted by Crippen LogP contribution is -2.46. The smallest absolute Gasteiger partial charge is 0.326 e. The molecule has 2 aromatic heterocycles. The number of nitrogens with zero attached hydrogens (tertiary/aromatic N) is 2. The number of Topliss-reactive ketones (excluding diaryl/α,β-unsaturated/α-hetero) is 2. The van der Waals surface area contributed by atoms with Gasteiger partial charge < -0.3 is 30.0 Å². The fourth-order valence-corrected chi connectivity index (χ4v) is 5.32. The van der Waals surface area contributed by atoms with Crippen LogP contribution in [0.3, 0.4) is 0 Å². The van der Waals surface area contributed by atoms with Crippen LogP contribution in [0.1, 0.15) is 54.8 Å². The van der Waals surface area contributed by atoms with Crippen LogP contribution in [0.15, 0.2) is 60.9 Å². The van der Waals surface area contributed by atoms with Gasteiger partial charge in [-0.3, -0.25) is 19.2 Å². The van der Waals surface area contributed by atoms with E-state index in [4.69, 9.17) is 0 Å². The molecule has 0 bridgehead atoms. The largest absolute Gasteiger partial charge is 0.480 e. The van der Waals surface area contributed by atoms with Crippen LogP contribution < -0.4 is 10.6 Å². The first-order valence-electron chi connectivity index (χ1n) is 14.6. The van der Waals surface area contributed by atoms with Crippen LogP contribution >= 0.6 is 0 Å². The Balaban J connectivity index is 1.54. The average molecular weight is 617 g/mol.